The maximum absolute atomic E-state index is 11.6. The van der Waals surface area contributed by atoms with Gasteiger partial charge < -0.3 is 10.4 Å². The molecule has 0 aliphatic carbocycles. The first-order valence-electron chi connectivity index (χ1n) is 4.84. The highest BCUT2D eigenvalue weighted by Crippen LogP contribution is 2.06. The molecule has 1 atom stereocenters. The molecule has 1 aromatic heterocycles. The Bertz CT molecular complexity index is 300. The number of carbonyl (C=O) groups excluding carboxylic acids is 1. The number of rotatable bonds is 5. The molecular weight excluding hydrogens is 214 g/mol. The molecule has 0 aliphatic rings. The summed E-state index contributed by atoms with van der Waals surface area (Å²) in [4.78, 5) is 11.6. The van der Waals surface area contributed by atoms with Crippen LogP contribution in [0.4, 0.5) is 0 Å². The van der Waals surface area contributed by atoms with E-state index in [-0.39, 0.29) is 24.5 Å². The van der Waals surface area contributed by atoms with E-state index in [1.165, 1.54) is 6.20 Å². The Hall–Kier alpha value is -1.01. The van der Waals surface area contributed by atoms with Gasteiger partial charge in [0.1, 0.15) is 0 Å². The first-order valence-corrected chi connectivity index (χ1v) is 5.57. The summed E-state index contributed by atoms with van der Waals surface area (Å²) in [5.41, 5.74) is 0.337. The van der Waals surface area contributed by atoms with Crippen LogP contribution >= 0.6 is 11.7 Å². The number of carbonyl (C=O) groups is 1. The summed E-state index contributed by atoms with van der Waals surface area (Å²) in [5.74, 6) is 0.0589. The summed E-state index contributed by atoms with van der Waals surface area (Å²) in [6, 6.07) is -0.0239. The Morgan fingerprint density at radius 2 is 2.40 bits per heavy atom. The van der Waals surface area contributed by atoms with E-state index in [1.54, 1.807) is 0 Å². The van der Waals surface area contributed by atoms with Crippen LogP contribution in [0.3, 0.4) is 0 Å². The lowest BCUT2D eigenvalue weighted by molar-refractivity contribution is 0.0912. The largest absolute Gasteiger partial charge is 0.396 e. The average Bonchev–Trinajstić information content (AvgIpc) is 2.69. The quantitative estimate of drug-likeness (QED) is 0.778. The van der Waals surface area contributed by atoms with Gasteiger partial charge in [-0.3, -0.25) is 4.79 Å². The molecule has 2 N–H and O–H groups in total. The number of hydrogen-bond acceptors (Lipinski definition) is 5. The van der Waals surface area contributed by atoms with Crippen molar-refractivity contribution in [3.05, 3.63) is 11.9 Å². The summed E-state index contributed by atoms with van der Waals surface area (Å²) in [7, 11) is 0. The average molecular weight is 229 g/mol. The van der Waals surface area contributed by atoms with Crippen molar-refractivity contribution < 1.29 is 9.90 Å². The number of aliphatic hydroxyl groups excluding tert-OH is 1. The van der Waals surface area contributed by atoms with E-state index in [0.29, 0.717) is 12.1 Å². The molecule has 6 heteroatoms. The summed E-state index contributed by atoms with van der Waals surface area (Å²) in [5, 5.41) is 11.7. The molecule has 0 radical (unpaired) electrons. The molecule has 0 fully saturated rings. The standard InChI is InChI=1S/C9H15N3O2S/c1-6(2)7(3-4-13)11-9(14)8-5-10-15-12-8/h5-7,13H,3-4H2,1-2H3,(H,11,14). The fourth-order valence-electron chi connectivity index (χ4n) is 1.22. The lowest BCUT2D eigenvalue weighted by Crippen LogP contribution is -2.39. The third-order valence-corrected chi connectivity index (χ3v) is 2.63. The Morgan fingerprint density at radius 1 is 1.67 bits per heavy atom. The lowest BCUT2D eigenvalue weighted by Gasteiger charge is -2.20. The smallest absolute Gasteiger partial charge is 0.272 e. The van der Waals surface area contributed by atoms with Crippen molar-refractivity contribution in [3.63, 3.8) is 0 Å². The van der Waals surface area contributed by atoms with Gasteiger partial charge in [0.25, 0.3) is 5.91 Å². The molecule has 0 aliphatic heterocycles. The molecule has 0 saturated heterocycles. The highest BCUT2D eigenvalue weighted by molar-refractivity contribution is 6.99. The third-order valence-electron chi connectivity index (χ3n) is 2.16. The summed E-state index contributed by atoms with van der Waals surface area (Å²) < 4.78 is 7.61. The van der Waals surface area contributed by atoms with Gasteiger partial charge in [-0.15, -0.1) is 0 Å². The van der Waals surface area contributed by atoms with Crippen LogP contribution in [0.1, 0.15) is 30.8 Å². The molecule has 15 heavy (non-hydrogen) atoms. The molecule has 0 spiro atoms. The molecule has 1 heterocycles. The van der Waals surface area contributed by atoms with Gasteiger partial charge in [-0.2, -0.15) is 8.75 Å². The minimum Gasteiger partial charge on any atom is -0.396 e. The maximum Gasteiger partial charge on any atom is 0.272 e. The van der Waals surface area contributed by atoms with Gasteiger partial charge in [0.2, 0.25) is 0 Å². The minimum absolute atomic E-state index is 0.0239. The van der Waals surface area contributed by atoms with Gasteiger partial charge in [-0.1, -0.05) is 13.8 Å². The van der Waals surface area contributed by atoms with E-state index in [9.17, 15) is 4.79 Å². The van der Waals surface area contributed by atoms with Crippen molar-refractivity contribution >= 4 is 17.6 Å². The fourth-order valence-corrected chi connectivity index (χ4v) is 1.63. The second-order valence-corrected chi connectivity index (χ2v) is 4.19. The van der Waals surface area contributed by atoms with E-state index >= 15 is 0 Å². The van der Waals surface area contributed by atoms with Crippen LogP contribution in [0.2, 0.25) is 0 Å². The molecule has 1 aromatic rings. The Kier molecular flexibility index (Phi) is 4.64. The van der Waals surface area contributed by atoms with Crippen LogP contribution in [0, 0.1) is 5.92 Å². The molecule has 5 nitrogen and oxygen atoms in total. The zero-order valence-electron chi connectivity index (χ0n) is 8.80. The molecule has 0 bridgehead atoms. The molecule has 1 unspecified atom stereocenters. The Labute approximate surface area is 92.9 Å². The monoisotopic (exact) mass is 229 g/mol. The Balaban J connectivity index is 2.55. The van der Waals surface area contributed by atoms with Crippen LogP contribution in [0.25, 0.3) is 0 Å². The molecule has 0 saturated carbocycles. The van der Waals surface area contributed by atoms with E-state index in [2.05, 4.69) is 14.1 Å². The van der Waals surface area contributed by atoms with E-state index in [4.69, 9.17) is 5.11 Å². The normalized spacial score (nSPS) is 12.8. The highest BCUT2D eigenvalue weighted by atomic mass is 32.1. The van der Waals surface area contributed by atoms with Crippen LogP contribution in [0.5, 0.6) is 0 Å². The molecule has 84 valence electrons. The number of aliphatic hydroxyl groups is 1. The van der Waals surface area contributed by atoms with Gasteiger partial charge in [0.15, 0.2) is 5.69 Å². The minimum atomic E-state index is -0.226. The van der Waals surface area contributed by atoms with Gasteiger partial charge in [-0.05, 0) is 12.3 Å². The zero-order valence-corrected chi connectivity index (χ0v) is 9.62. The topological polar surface area (TPSA) is 75.1 Å². The molecule has 1 amide bonds. The van der Waals surface area contributed by atoms with Crippen molar-refractivity contribution in [3.8, 4) is 0 Å². The molecular formula is C9H15N3O2S. The first-order chi connectivity index (χ1) is 7.15. The number of nitrogens with one attached hydrogen (secondary N) is 1. The fraction of sp³-hybridized carbons (Fsp3) is 0.667. The van der Waals surface area contributed by atoms with E-state index in [0.717, 1.165) is 11.7 Å². The lowest BCUT2D eigenvalue weighted by atomic mass is 10.0. The number of amides is 1. The van der Waals surface area contributed by atoms with Crippen molar-refractivity contribution in [1.82, 2.24) is 14.1 Å². The van der Waals surface area contributed by atoms with E-state index < -0.39 is 0 Å². The van der Waals surface area contributed by atoms with Crippen LogP contribution in [-0.4, -0.2) is 32.4 Å². The van der Waals surface area contributed by atoms with Crippen molar-refractivity contribution in [1.29, 1.82) is 0 Å². The molecule has 0 aromatic carbocycles. The van der Waals surface area contributed by atoms with Crippen molar-refractivity contribution in [2.45, 2.75) is 26.3 Å². The highest BCUT2D eigenvalue weighted by Gasteiger charge is 2.17. The van der Waals surface area contributed by atoms with Crippen molar-refractivity contribution in [2.24, 2.45) is 5.92 Å². The zero-order chi connectivity index (χ0) is 11.3. The van der Waals surface area contributed by atoms with Crippen LogP contribution < -0.4 is 5.32 Å². The van der Waals surface area contributed by atoms with E-state index in [1.807, 2.05) is 13.8 Å². The SMILES string of the molecule is CC(C)C(CCO)NC(=O)c1cnsn1. The van der Waals surface area contributed by atoms with Crippen LogP contribution in [-0.2, 0) is 0 Å². The first kappa shape index (κ1) is 12.1. The number of aromatic nitrogens is 2. The predicted octanol–water partition coefficient (Wildman–Crippen LogP) is 0.675. The van der Waals surface area contributed by atoms with Crippen LogP contribution in [0.15, 0.2) is 6.20 Å². The summed E-state index contributed by atoms with van der Waals surface area (Å²) >= 11 is 1.01. The number of nitrogens with zero attached hydrogens (tertiary/aromatic N) is 2. The Morgan fingerprint density at radius 3 is 2.87 bits per heavy atom. The third kappa shape index (κ3) is 3.56. The second-order valence-electron chi connectivity index (χ2n) is 3.63. The number of hydrogen-bond donors (Lipinski definition) is 2. The van der Waals surface area contributed by atoms with Gasteiger partial charge in [0, 0.05) is 12.6 Å². The second kappa shape index (κ2) is 5.77. The maximum atomic E-state index is 11.6. The molecule has 1 rings (SSSR count). The van der Waals surface area contributed by atoms with Crippen molar-refractivity contribution in [2.75, 3.05) is 6.61 Å². The summed E-state index contributed by atoms with van der Waals surface area (Å²) in [6.45, 7) is 4.07. The summed E-state index contributed by atoms with van der Waals surface area (Å²) in [6.07, 6.45) is 2.00. The predicted molar refractivity (Wildman–Crippen MR) is 57.7 cm³/mol. The van der Waals surface area contributed by atoms with Gasteiger partial charge in [-0.25, -0.2) is 0 Å². The van der Waals surface area contributed by atoms with Gasteiger partial charge in [0.05, 0.1) is 17.9 Å². The van der Waals surface area contributed by atoms with Gasteiger partial charge >= 0.3 is 0 Å².